The van der Waals surface area contributed by atoms with E-state index in [9.17, 15) is 18.0 Å². The first-order chi connectivity index (χ1) is 22.9. The van der Waals surface area contributed by atoms with Crippen molar-refractivity contribution in [2.24, 2.45) is 17.6 Å². The number of hydrogen-bond acceptors (Lipinski definition) is 10. The van der Waals surface area contributed by atoms with Crippen LogP contribution in [0, 0.1) is 11.8 Å². The number of nitrogens with two attached hydrogens (primary N) is 1. The van der Waals surface area contributed by atoms with Gasteiger partial charge in [-0.3, -0.25) is 19.4 Å². The van der Waals surface area contributed by atoms with Crippen molar-refractivity contribution >= 4 is 50.0 Å². The van der Waals surface area contributed by atoms with Crippen LogP contribution < -0.4 is 15.4 Å². The van der Waals surface area contributed by atoms with Gasteiger partial charge in [0.1, 0.15) is 11.6 Å². The first-order valence-electron chi connectivity index (χ1n) is 16.1. The molecule has 2 saturated heterocycles. The Hall–Kier alpha value is -4.14. The van der Waals surface area contributed by atoms with E-state index in [-0.39, 0.29) is 54.5 Å². The van der Waals surface area contributed by atoms with Gasteiger partial charge in [0, 0.05) is 42.5 Å². The zero-order chi connectivity index (χ0) is 33.9. The largest absolute Gasteiger partial charge is 0.482 e. The second kappa shape index (κ2) is 12.4. The van der Waals surface area contributed by atoms with Crippen molar-refractivity contribution in [1.29, 1.82) is 0 Å². The monoisotopic (exact) mass is 692 g/mol. The molecule has 4 aromatic rings. The number of hydrogen-bond donors (Lipinski definition) is 1. The molecule has 2 amide bonds. The fraction of sp³-hybridized carbons (Fsp3) is 0.455. The Bertz CT molecular complexity index is 2020. The number of fused-ring (bicyclic) bond motifs is 2. The van der Waals surface area contributed by atoms with E-state index < -0.39 is 15.7 Å². The maximum Gasteiger partial charge on any atom is 0.265 e. The Morgan fingerprint density at radius 2 is 1.92 bits per heavy atom. The van der Waals surface area contributed by atoms with Crippen LogP contribution in [0.4, 0.5) is 5.69 Å². The highest BCUT2D eigenvalue weighted by Crippen LogP contribution is 2.42. The molecule has 13 nitrogen and oxygen atoms in total. The van der Waals surface area contributed by atoms with Gasteiger partial charge in [0.25, 0.3) is 11.8 Å². The number of carbonyl (C=O) groups excluding carboxylic acids is 2. The second-order valence-corrected chi connectivity index (χ2v) is 16.0. The summed E-state index contributed by atoms with van der Waals surface area (Å²) in [6.07, 6.45) is 6.03. The average Bonchev–Trinajstić information content (AvgIpc) is 3.44. The van der Waals surface area contributed by atoms with Crippen LogP contribution in [0.15, 0.2) is 36.8 Å². The van der Waals surface area contributed by atoms with Gasteiger partial charge in [-0.2, -0.15) is 5.10 Å². The molecule has 48 heavy (non-hydrogen) atoms. The van der Waals surface area contributed by atoms with Crippen molar-refractivity contribution in [3.05, 3.63) is 58.9 Å². The molecule has 15 heteroatoms. The van der Waals surface area contributed by atoms with Gasteiger partial charge in [0.2, 0.25) is 0 Å². The number of nitrogens with zero attached hydrogens (tertiary/aromatic N) is 7. The number of halogens is 1. The first-order valence-corrected chi connectivity index (χ1v) is 18.3. The van der Waals surface area contributed by atoms with Crippen molar-refractivity contribution in [3.63, 3.8) is 0 Å². The van der Waals surface area contributed by atoms with E-state index in [0.717, 1.165) is 19.5 Å². The van der Waals surface area contributed by atoms with E-state index in [1.807, 2.05) is 16.8 Å². The van der Waals surface area contributed by atoms with Crippen LogP contribution in [0.2, 0.25) is 5.02 Å². The molecule has 3 aliphatic heterocycles. The SMILES string of the molecule is CC(C)Cc1nc2c(cnn2[C@@H]2CCN(C3CS(=O)(=O)C3)C[C@H]2C)c(-c2ccc3c(c2)OCC(=O)N3Cc2ncc(Cl)cn2)c1C(N)=O. The number of likely N-dealkylation sites (tertiary alicyclic amines) is 1. The molecule has 7 rings (SSSR count). The highest BCUT2D eigenvalue weighted by Gasteiger charge is 2.41. The summed E-state index contributed by atoms with van der Waals surface area (Å²) in [5.41, 5.74) is 9.54. The molecule has 252 valence electrons. The summed E-state index contributed by atoms with van der Waals surface area (Å²) in [4.78, 5) is 43.5. The van der Waals surface area contributed by atoms with E-state index in [1.165, 1.54) is 12.4 Å². The van der Waals surface area contributed by atoms with Crippen molar-refractivity contribution in [1.82, 2.24) is 29.6 Å². The minimum atomic E-state index is -2.91. The number of pyridine rings is 1. The molecule has 0 unspecified atom stereocenters. The molecule has 2 fully saturated rings. The van der Waals surface area contributed by atoms with Gasteiger partial charge in [-0.25, -0.2) is 28.1 Å². The molecule has 0 aliphatic carbocycles. The lowest BCUT2D eigenvalue weighted by Gasteiger charge is -2.44. The number of amides is 2. The van der Waals surface area contributed by atoms with Gasteiger partial charge in [0.15, 0.2) is 22.1 Å². The van der Waals surface area contributed by atoms with Crippen LogP contribution in [0.1, 0.15) is 55.1 Å². The van der Waals surface area contributed by atoms with Crippen LogP contribution in [0.25, 0.3) is 22.2 Å². The predicted molar refractivity (Wildman–Crippen MR) is 181 cm³/mol. The fourth-order valence-electron chi connectivity index (χ4n) is 7.15. The lowest BCUT2D eigenvalue weighted by Crippen LogP contribution is -2.56. The van der Waals surface area contributed by atoms with Gasteiger partial charge < -0.3 is 10.5 Å². The van der Waals surface area contributed by atoms with E-state index in [1.54, 1.807) is 17.2 Å². The smallest absolute Gasteiger partial charge is 0.265 e. The number of carbonyl (C=O) groups is 2. The molecule has 0 spiro atoms. The molecule has 6 heterocycles. The van der Waals surface area contributed by atoms with Gasteiger partial charge in [0.05, 0.1) is 52.3 Å². The lowest BCUT2D eigenvalue weighted by molar-refractivity contribution is -0.121. The number of benzene rings is 1. The third-order valence-electron chi connectivity index (χ3n) is 9.45. The topological polar surface area (TPSA) is 166 Å². The number of sulfone groups is 1. The van der Waals surface area contributed by atoms with Crippen LogP contribution >= 0.6 is 11.6 Å². The molecule has 2 N–H and O–H groups in total. The molecular formula is C33H37ClN8O5S. The number of anilines is 1. The third kappa shape index (κ3) is 6.01. The van der Waals surface area contributed by atoms with Gasteiger partial charge in [-0.1, -0.05) is 38.4 Å². The standard InChI is InChI=1S/C33H37ClN8O5S/c1-18(2)8-24-31(32(35)44)30(20-4-5-26-27(9-20)47-15-29(43)41(26)14-28-36-10-21(34)11-37-28)23-12-38-42(33(23)39-24)25-6-7-40(13-19(25)3)22-16-48(45,46)17-22/h4-5,9-12,18-19,22,25H,6-8,13-17H2,1-3H3,(H2,35,44)/t19-,25-/m1/s1. The summed E-state index contributed by atoms with van der Waals surface area (Å²) in [6.45, 7) is 7.78. The number of aromatic nitrogens is 5. The summed E-state index contributed by atoms with van der Waals surface area (Å²) in [6, 6.07) is 5.57. The molecule has 0 radical (unpaired) electrons. The Labute approximate surface area is 283 Å². The maximum absolute atomic E-state index is 13.2. The molecule has 1 aromatic carbocycles. The molecule has 2 atom stereocenters. The predicted octanol–water partition coefficient (Wildman–Crippen LogP) is 3.44. The van der Waals surface area contributed by atoms with Crippen LogP contribution in [0.5, 0.6) is 5.75 Å². The van der Waals surface area contributed by atoms with E-state index >= 15 is 0 Å². The van der Waals surface area contributed by atoms with Crippen LogP contribution in [-0.2, 0) is 27.6 Å². The number of ether oxygens (including phenoxy) is 1. The Morgan fingerprint density at radius 1 is 1.17 bits per heavy atom. The highest BCUT2D eigenvalue weighted by molar-refractivity contribution is 7.92. The first kappa shape index (κ1) is 32.4. The molecule has 0 saturated carbocycles. The Kier molecular flexibility index (Phi) is 8.36. The number of primary amides is 1. The van der Waals surface area contributed by atoms with Gasteiger partial charge in [-0.05, 0) is 42.4 Å². The number of piperidine rings is 1. The summed E-state index contributed by atoms with van der Waals surface area (Å²) in [5.74, 6) is 0.898. The van der Waals surface area contributed by atoms with Crippen LogP contribution in [0.3, 0.4) is 0 Å². The van der Waals surface area contributed by atoms with Gasteiger partial charge >= 0.3 is 0 Å². The zero-order valence-corrected chi connectivity index (χ0v) is 28.5. The minimum absolute atomic E-state index is 0.0311. The molecule has 0 bridgehead atoms. The van der Waals surface area contributed by atoms with Crippen molar-refractivity contribution in [3.8, 4) is 16.9 Å². The zero-order valence-electron chi connectivity index (χ0n) is 27.0. The normalized spacial score (nSPS) is 21.3. The Balaban J connectivity index is 1.29. The average molecular weight is 693 g/mol. The maximum atomic E-state index is 13.2. The summed E-state index contributed by atoms with van der Waals surface area (Å²) in [7, 11) is -2.91. The summed E-state index contributed by atoms with van der Waals surface area (Å²) in [5, 5.41) is 5.94. The fourth-order valence-corrected chi connectivity index (χ4v) is 8.75. The summed E-state index contributed by atoms with van der Waals surface area (Å²) >= 11 is 5.95. The van der Waals surface area contributed by atoms with Crippen molar-refractivity contribution in [2.75, 3.05) is 36.1 Å². The molecular weight excluding hydrogens is 656 g/mol. The third-order valence-corrected chi connectivity index (χ3v) is 11.4. The highest BCUT2D eigenvalue weighted by atomic mass is 35.5. The Morgan fingerprint density at radius 3 is 2.58 bits per heavy atom. The minimum Gasteiger partial charge on any atom is -0.482 e. The quantitative estimate of drug-likeness (QED) is 0.289. The van der Waals surface area contributed by atoms with Crippen molar-refractivity contribution < 1.29 is 22.7 Å². The second-order valence-electron chi connectivity index (χ2n) is 13.4. The van der Waals surface area contributed by atoms with Crippen LogP contribution in [-0.4, -0.2) is 87.1 Å². The molecule has 3 aliphatic rings. The lowest BCUT2D eigenvalue weighted by atomic mass is 9.91. The number of rotatable bonds is 8. The van der Waals surface area contributed by atoms with E-state index in [0.29, 0.717) is 62.1 Å². The van der Waals surface area contributed by atoms with Gasteiger partial charge in [-0.15, -0.1) is 0 Å². The van der Waals surface area contributed by atoms with E-state index in [4.69, 9.17) is 32.2 Å². The van der Waals surface area contributed by atoms with Crippen molar-refractivity contribution in [2.45, 2.75) is 52.2 Å². The van der Waals surface area contributed by atoms with E-state index in [2.05, 4.69) is 35.6 Å². The summed E-state index contributed by atoms with van der Waals surface area (Å²) < 4.78 is 31.5. The molecule has 3 aromatic heterocycles.